The van der Waals surface area contributed by atoms with Crippen LogP contribution in [0.3, 0.4) is 0 Å². The Bertz CT molecular complexity index is 514. The van der Waals surface area contributed by atoms with Crippen LogP contribution in [0, 0.1) is 5.92 Å². The van der Waals surface area contributed by atoms with Crippen molar-refractivity contribution in [2.24, 2.45) is 13.0 Å². The normalized spacial score (nSPS) is 16.5. The van der Waals surface area contributed by atoms with Gasteiger partial charge in [-0.2, -0.15) is 5.10 Å². The zero-order valence-electron chi connectivity index (χ0n) is 11.4. The zero-order valence-corrected chi connectivity index (χ0v) is 11.4. The summed E-state index contributed by atoms with van der Waals surface area (Å²) in [7, 11) is 1.97. The standard InChI is InChI=1S/C16H21N3/c1-19-12-13(11-18-19)9-10-17-16(15-7-8-15)14-5-3-2-4-6-14/h2-6,11-12,15-17H,7-10H2,1H3. The van der Waals surface area contributed by atoms with Crippen molar-refractivity contribution in [1.29, 1.82) is 0 Å². The first kappa shape index (κ1) is 12.4. The number of hydrogen-bond donors (Lipinski definition) is 1. The van der Waals surface area contributed by atoms with Gasteiger partial charge in [-0.1, -0.05) is 30.3 Å². The predicted octanol–water partition coefficient (Wildman–Crippen LogP) is 2.70. The number of benzene rings is 1. The van der Waals surface area contributed by atoms with Crippen LogP contribution in [0.25, 0.3) is 0 Å². The molecule has 1 atom stereocenters. The van der Waals surface area contributed by atoms with E-state index in [4.69, 9.17) is 0 Å². The van der Waals surface area contributed by atoms with Crippen molar-refractivity contribution in [3.63, 3.8) is 0 Å². The summed E-state index contributed by atoms with van der Waals surface area (Å²) in [6, 6.07) is 11.3. The first-order valence-electron chi connectivity index (χ1n) is 7.09. The maximum atomic E-state index is 4.21. The number of aryl methyl sites for hydroxylation is 1. The lowest BCUT2D eigenvalue weighted by atomic mass is 10.0. The highest BCUT2D eigenvalue weighted by molar-refractivity contribution is 5.21. The maximum absolute atomic E-state index is 4.21. The third-order valence-electron chi connectivity index (χ3n) is 3.79. The first-order valence-corrected chi connectivity index (χ1v) is 7.09. The van der Waals surface area contributed by atoms with E-state index >= 15 is 0 Å². The Labute approximate surface area is 114 Å². The first-order chi connectivity index (χ1) is 9.33. The molecule has 1 N–H and O–H groups in total. The van der Waals surface area contributed by atoms with E-state index in [0.29, 0.717) is 6.04 Å². The van der Waals surface area contributed by atoms with Crippen molar-refractivity contribution < 1.29 is 0 Å². The van der Waals surface area contributed by atoms with Gasteiger partial charge in [0.1, 0.15) is 0 Å². The van der Waals surface area contributed by atoms with Crippen LogP contribution in [-0.2, 0) is 13.5 Å². The molecule has 1 saturated carbocycles. The second kappa shape index (κ2) is 5.57. The molecule has 1 unspecified atom stereocenters. The molecule has 0 spiro atoms. The summed E-state index contributed by atoms with van der Waals surface area (Å²) in [5.74, 6) is 0.830. The Morgan fingerprint density at radius 3 is 2.74 bits per heavy atom. The van der Waals surface area contributed by atoms with Gasteiger partial charge in [0, 0.05) is 19.3 Å². The number of nitrogens with one attached hydrogen (secondary N) is 1. The minimum absolute atomic E-state index is 0.526. The van der Waals surface area contributed by atoms with Gasteiger partial charge in [0.2, 0.25) is 0 Å². The van der Waals surface area contributed by atoms with Gasteiger partial charge in [-0.3, -0.25) is 4.68 Å². The maximum Gasteiger partial charge on any atom is 0.0522 e. The minimum Gasteiger partial charge on any atom is -0.309 e. The van der Waals surface area contributed by atoms with E-state index in [9.17, 15) is 0 Å². The van der Waals surface area contributed by atoms with Crippen LogP contribution in [0.4, 0.5) is 0 Å². The Hall–Kier alpha value is -1.61. The molecule has 1 fully saturated rings. The molecule has 1 aromatic heterocycles. The van der Waals surface area contributed by atoms with Crippen molar-refractivity contribution in [1.82, 2.24) is 15.1 Å². The molecule has 19 heavy (non-hydrogen) atoms. The van der Waals surface area contributed by atoms with Crippen LogP contribution in [0.5, 0.6) is 0 Å². The molecule has 0 amide bonds. The van der Waals surface area contributed by atoms with Crippen LogP contribution in [0.2, 0.25) is 0 Å². The molecule has 0 saturated heterocycles. The summed E-state index contributed by atoms with van der Waals surface area (Å²) in [6.07, 6.45) is 7.81. The van der Waals surface area contributed by atoms with E-state index in [-0.39, 0.29) is 0 Å². The van der Waals surface area contributed by atoms with Gasteiger partial charge in [0.15, 0.2) is 0 Å². The Morgan fingerprint density at radius 1 is 1.32 bits per heavy atom. The van der Waals surface area contributed by atoms with Crippen LogP contribution in [0.1, 0.15) is 30.0 Å². The fraction of sp³-hybridized carbons (Fsp3) is 0.438. The summed E-state index contributed by atoms with van der Waals surface area (Å²) in [5.41, 5.74) is 2.73. The molecule has 0 bridgehead atoms. The molecule has 0 aliphatic heterocycles. The van der Waals surface area contributed by atoms with Gasteiger partial charge in [-0.25, -0.2) is 0 Å². The van der Waals surface area contributed by atoms with E-state index < -0.39 is 0 Å². The molecule has 3 heteroatoms. The molecule has 100 valence electrons. The molecular weight excluding hydrogens is 234 g/mol. The number of hydrogen-bond acceptors (Lipinski definition) is 2. The molecule has 0 radical (unpaired) electrons. The second-order valence-electron chi connectivity index (χ2n) is 5.45. The van der Waals surface area contributed by atoms with Crippen LogP contribution >= 0.6 is 0 Å². The van der Waals surface area contributed by atoms with Crippen molar-refractivity contribution in [2.75, 3.05) is 6.54 Å². The van der Waals surface area contributed by atoms with E-state index in [2.05, 4.69) is 46.9 Å². The number of aromatic nitrogens is 2. The van der Waals surface area contributed by atoms with Gasteiger partial charge >= 0.3 is 0 Å². The summed E-state index contributed by atoms with van der Waals surface area (Å²) >= 11 is 0. The van der Waals surface area contributed by atoms with Gasteiger partial charge in [0.05, 0.1) is 6.20 Å². The van der Waals surface area contributed by atoms with Gasteiger partial charge in [0.25, 0.3) is 0 Å². The van der Waals surface area contributed by atoms with Crippen molar-refractivity contribution in [3.8, 4) is 0 Å². The second-order valence-corrected chi connectivity index (χ2v) is 5.45. The third kappa shape index (κ3) is 3.24. The summed E-state index contributed by atoms with van der Waals surface area (Å²) in [5, 5.41) is 7.93. The molecule has 1 aliphatic carbocycles. The highest BCUT2D eigenvalue weighted by atomic mass is 15.2. The highest BCUT2D eigenvalue weighted by Crippen LogP contribution is 2.40. The molecule has 2 aromatic rings. The quantitative estimate of drug-likeness (QED) is 0.860. The summed E-state index contributed by atoms with van der Waals surface area (Å²) in [6.45, 7) is 1.02. The molecular formula is C16H21N3. The average molecular weight is 255 g/mol. The topological polar surface area (TPSA) is 29.9 Å². The lowest BCUT2D eigenvalue weighted by Gasteiger charge is -2.18. The molecule has 1 aromatic carbocycles. The Morgan fingerprint density at radius 2 is 2.11 bits per heavy atom. The van der Waals surface area contributed by atoms with Gasteiger partial charge in [-0.15, -0.1) is 0 Å². The average Bonchev–Trinajstić information content (AvgIpc) is 3.19. The monoisotopic (exact) mass is 255 g/mol. The lowest BCUT2D eigenvalue weighted by Crippen LogP contribution is -2.25. The van der Waals surface area contributed by atoms with E-state index in [1.54, 1.807) is 0 Å². The molecule has 1 aliphatic rings. The largest absolute Gasteiger partial charge is 0.309 e. The van der Waals surface area contributed by atoms with Gasteiger partial charge < -0.3 is 5.32 Å². The van der Waals surface area contributed by atoms with Crippen molar-refractivity contribution in [2.45, 2.75) is 25.3 Å². The molecule has 3 rings (SSSR count). The molecule has 1 heterocycles. The van der Waals surface area contributed by atoms with Crippen LogP contribution in [-0.4, -0.2) is 16.3 Å². The van der Waals surface area contributed by atoms with E-state index in [0.717, 1.165) is 18.9 Å². The highest BCUT2D eigenvalue weighted by Gasteiger charge is 2.31. The van der Waals surface area contributed by atoms with Crippen molar-refractivity contribution in [3.05, 3.63) is 53.9 Å². The fourth-order valence-corrected chi connectivity index (χ4v) is 2.62. The number of rotatable bonds is 6. The fourth-order valence-electron chi connectivity index (χ4n) is 2.62. The summed E-state index contributed by atoms with van der Waals surface area (Å²) in [4.78, 5) is 0. The molecule has 3 nitrogen and oxygen atoms in total. The third-order valence-corrected chi connectivity index (χ3v) is 3.79. The minimum atomic E-state index is 0.526. The summed E-state index contributed by atoms with van der Waals surface area (Å²) < 4.78 is 1.87. The lowest BCUT2D eigenvalue weighted by molar-refractivity contribution is 0.484. The van der Waals surface area contributed by atoms with Crippen LogP contribution in [0.15, 0.2) is 42.7 Å². The number of nitrogens with zero attached hydrogens (tertiary/aromatic N) is 2. The SMILES string of the molecule is Cn1cc(CCNC(c2ccccc2)C2CC2)cn1. The van der Waals surface area contributed by atoms with Crippen molar-refractivity contribution >= 4 is 0 Å². The van der Waals surface area contributed by atoms with Gasteiger partial charge in [-0.05, 0) is 42.9 Å². The zero-order chi connectivity index (χ0) is 13.1. The Kier molecular flexibility index (Phi) is 3.65. The Balaban J connectivity index is 1.57. The van der Waals surface area contributed by atoms with Crippen LogP contribution < -0.4 is 5.32 Å². The van der Waals surface area contributed by atoms with E-state index in [1.807, 2.05) is 17.9 Å². The predicted molar refractivity (Wildman–Crippen MR) is 76.8 cm³/mol. The van der Waals surface area contributed by atoms with E-state index in [1.165, 1.54) is 24.0 Å². The smallest absolute Gasteiger partial charge is 0.0522 e.